The number of nitrogens with one attached hydrogen (secondary N) is 2. The fraction of sp³-hybridized carbons (Fsp3) is 0.600. The van der Waals surface area contributed by atoms with E-state index < -0.39 is 18.0 Å². The molecule has 0 spiro atoms. The molecule has 2 amide bonds. The molecule has 0 radical (unpaired) electrons. The van der Waals surface area contributed by atoms with Crippen molar-refractivity contribution in [2.75, 3.05) is 6.54 Å². The molecule has 2 atom stereocenters. The Hall–Kier alpha value is -1.23. The topological polar surface area (TPSA) is 78.4 Å². The van der Waals surface area contributed by atoms with Crippen LogP contribution in [0.4, 0.5) is 4.79 Å². The van der Waals surface area contributed by atoms with Crippen molar-refractivity contribution >= 4 is 23.6 Å². The highest BCUT2D eigenvalue weighted by molar-refractivity contribution is 6.29. The van der Waals surface area contributed by atoms with Gasteiger partial charge >= 0.3 is 12.0 Å². The first-order chi connectivity index (χ1) is 7.38. The Labute approximate surface area is 99.9 Å². The van der Waals surface area contributed by atoms with E-state index in [0.29, 0.717) is 6.42 Å². The van der Waals surface area contributed by atoms with Crippen LogP contribution < -0.4 is 10.6 Å². The number of carboxylic acids is 1. The number of rotatable bonds is 6. The predicted molar refractivity (Wildman–Crippen MR) is 62.4 cm³/mol. The van der Waals surface area contributed by atoms with Gasteiger partial charge in [0.05, 0.1) is 6.54 Å². The average Bonchev–Trinajstić information content (AvgIpc) is 2.21. The lowest BCUT2D eigenvalue weighted by atomic mass is 9.99. The van der Waals surface area contributed by atoms with Crippen molar-refractivity contribution in [2.24, 2.45) is 5.92 Å². The normalized spacial score (nSPS) is 13.7. The zero-order chi connectivity index (χ0) is 12.7. The van der Waals surface area contributed by atoms with Gasteiger partial charge < -0.3 is 15.7 Å². The monoisotopic (exact) mass is 248 g/mol. The molecule has 0 aliphatic heterocycles. The van der Waals surface area contributed by atoms with Gasteiger partial charge in [-0.05, 0) is 5.92 Å². The molecular formula is C10H17ClN2O3. The van der Waals surface area contributed by atoms with Crippen molar-refractivity contribution < 1.29 is 14.7 Å². The Bertz CT molecular complexity index is 281. The Balaban J connectivity index is 4.24. The average molecular weight is 249 g/mol. The molecule has 92 valence electrons. The number of carboxylic acid groups (broad SMARTS) is 1. The number of amides is 2. The van der Waals surface area contributed by atoms with E-state index in [2.05, 4.69) is 17.2 Å². The number of carbonyl (C=O) groups is 2. The summed E-state index contributed by atoms with van der Waals surface area (Å²) >= 11 is 5.46. The van der Waals surface area contributed by atoms with E-state index in [1.807, 2.05) is 6.92 Å². The Kier molecular flexibility index (Phi) is 6.56. The number of hydrogen-bond acceptors (Lipinski definition) is 2. The van der Waals surface area contributed by atoms with Crippen molar-refractivity contribution in [2.45, 2.75) is 26.3 Å². The van der Waals surface area contributed by atoms with Gasteiger partial charge in [-0.2, -0.15) is 0 Å². The SMILES string of the molecule is C=C(Cl)CNC(=O)NC(C(=O)O)C(C)CC. The molecule has 0 aromatic carbocycles. The fourth-order valence-corrected chi connectivity index (χ4v) is 1.12. The highest BCUT2D eigenvalue weighted by atomic mass is 35.5. The number of carbonyl (C=O) groups excluding carboxylic acids is 1. The molecule has 16 heavy (non-hydrogen) atoms. The molecule has 0 saturated carbocycles. The van der Waals surface area contributed by atoms with E-state index in [1.54, 1.807) is 6.92 Å². The van der Waals surface area contributed by atoms with Crippen molar-refractivity contribution in [3.8, 4) is 0 Å². The van der Waals surface area contributed by atoms with Crippen LogP contribution in [0.25, 0.3) is 0 Å². The number of aliphatic carboxylic acids is 1. The predicted octanol–water partition coefficient (Wildman–Crippen LogP) is 1.54. The zero-order valence-electron chi connectivity index (χ0n) is 9.42. The van der Waals surface area contributed by atoms with Crippen LogP contribution in [0.2, 0.25) is 0 Å². The van der Waals surface area contributed by atoms with Crippen LogP contribution in [-0.2, 0) is 4.79 Å². The minimum Gasteiger partial charge on any atom is -0.480 e. The number of hydrogen-bond donors (Lipinski definition) is 3. The molecular weight excluding hydrogens is 232 g/mol. The van der Waals surface area contributed by atoms with Crippen LogP contribution in [0.1, 0.15) is 20.3 Å². The zero-order valence-corrected chi connectivity index (χ0v) is 10.2. The molecule has 6 heteroatoms. The molecule has 0 aliphatic rings. The van der Waals surface area contributed by atoms with E-state index in [4.69, 9.17) is 16.7 Å². The summed E-state index contributed by atoms with van der Waals surface area (Å²) in [6.07, 6.45) is 0.666. The highest BCUT2D eigenvalue weighted by Crippen LogP contribution is 2.07. The molecule has 0 rings (SSSR count). The molecule has 0 aromatic heterocycles. The third kappa shape index (κ3) is 5.60. The van der Waals surface area contributed by atoms with Gasteiger partial charge in [-0.1, -0.05) is 38.4 Å². The van der Waals surface area contributed by atoms with Crippen molar-refractivity contribution in [3.63, 3.8) is 0 Å². The molecule has 3 N–H and O–H groups in total. The first-order valence-corrected chi connectivity index (χ1v) is 5.36. The minimum atomic E-state index is -1.05. The Morgan fingerprint density at radius 1 is 1.50 bits per heavy atom. The van der Waals surface area contributed by atoms with E-state index >= 15 is 0 Å². The van der Waals surface area contributed by atoms with Gasteiger partial charge in [0.25, 0.3) is 0 Å². The second-order valence-electron chi connectivity index (χ2n) is 3.55. The molecule has 0 heterocycles. The first kappa shape index (κ1) is 14.8. The van der Waals surface area contributed by atoms with Gasteiger partial charge in [0, 0.05) is 5.03 Å². The van der Waals surface area contributed by atoms with E-state index in [0.717, 1.165) is 0 Å². The van der Waals surface area contributed by atoms with Crippen LogP contribution >= 0.6 is 11.6 Å². The van der Waals surface area contributed by atoms with Crippen molar-refractivity contribution in [3.05, 3.63) is 11.6 Å². The summed E-state index contributed by atoms with van der Waals surface area (Å²) < 4.78 is 0. The van der Waals surface area contributed by atoms with Crippen LogP contribution in [0.3, 0.4) is 0 Å². The molecule has 5 nitrogen and oxygen atoms in total. The number of urea groups is 1. The van der Waals surface area contributed by atoms with Gasteiger partial charge in [-0.3, -0.25) is 0 Å². The molecule has 0 fully saturated rings. The molecule has 0 aromatic rings. The van der Waals surface area contributed by atoms with Crippen molar-refractivity contribution in [1.82, 2.24) is 10.6 Å². The maximum atomic E-state index is 11.3. The molecule has 0 aliphatic carbocycles. The largest absolute Gasteiger partial charge is 0.480 e. The standard InChI is InChI=1S/C10H17ClN2O3/c1-4-6(2)8(9(14)15)13-10(16)12-5-7(3)11/h6,8H,3-5H2,1-2H3,(H,14,15)(H2,12,13,16). The van der Waals surface area contributed by atoms with Crippen molar-refractivity contribution in [1.29, 1.82) is 0 Å². The van der Waals surface area contributed by atoms with E-state index in [9.17, 15) is 9.59 Å². The summed E-state index contributed by atoms with van der Waals surface area (Å²) in [5.41, 5.74) is 0. The lowest BCUT2D eigenvalue weighted by molar-refractivity contribution is -0.140. The summed E-state index contributed by atoms with van der Waals surface area (Å²) in [6, 6.07) is -1.46. The summed E-state index contributed by atoms with van der Waals surface area (Å²) in [6.45, 7) is 7.14. The lowest BCUT2D eigenvalue weighted by Gasteiger charge is -2.20. The van der Waals surface area contributed by atoms with E-state index in [1.165, 1.54) is 0 Å². The highest BCUT2D eigenvalue weighted by Gasteiger charge is 2.24. The Morgan fingerprint density at radius 2 is 2.06 bits per heavy atom. The molecule has 2 unspecified atom stereocenters. The Morgan fingerprint density at radius 3 is 2.44 bits per heavy atom. The van der Waals surface area contributed by atoms with Gasteiger partial charge in [-0.25, -0.2) is 9.59 Å². The van der Waals surface area contributed by atoms with Gasteiger partial charge in [0.1, 0.15) is 6.04 Å². The van der Waals surface area contributed by atoms with Crippen LogP contribution in [0, 0.1) is 5.92 Å². The third-order valence-electron chi connectivity index (χ3n) is 2.21. The second kappa shape index (κ2) is 7.11. The van der Waals surface area contributed by atoms with Crippen LogP contribution in [0.15, 0.2) is 11.6 Å². The fourth-order valence-electron chi connectivity index (χ4n) is 1.05. The van der Waals surface area contributed by atoms with Gasteiger partial charge in [0.2, 0.25) is 0 Å². The smallest absolute Gasteiger partial charge is 0.326 e. The summed E-state index contributed by atoms with van der Waals surface area (Å²) in [5.74, 6) is -1.18. The number of halogens is 1. The summed E-state index contributed by atoms with van der Waals surface area (Å²) in [4.78, 5) is 22.2. The lowest BCUT2D eigenvalue weighted by Crippen LogP contribution is -2.49. The second-order valence-corrected chi connectivity index (χ2v) is 4.08. The minimum absolute atomic E-state index is 0.111. The molecule has 0 saturated heterocycles. The maximum absolute atomic E-state index is 11.3. The van der Waals surface area contributed by atoms with Gasteiger partial charge in [-0.15, -0.1) is 0 Å². The van der Waals surface area contributed by atoms with E-state index in [-0.39, 0.29) is 17.5 Å². The van der Waals surface area contributed by atoms with Crippen LogP contribution in [-0.4, -0.2) is 29.7 Å². The van der Waals surface area contributed by atoms with Crippen LogP contribution in [0.5, 0.6) is 0 Å². The maximum Gasteiger partial charge on any atom is 0.326 e. The summed E-state index contributed by atoms with van der Waals surface area (Å²) in [5, 5.41) is 14.0. The quantitative estimate of drug-likeness (QED) is 0.667. The summed E-state index contributed by atoms with van der Waals surface area (Å²) in [7, 11) is 0. The third-order valence-corrected chi connectivity index (χ3v) is 2.34. The first-order valence-electron chi connectivity index (χ1n) is 4.98. The molecule has 0 bridgehead atoms. The van der Waals surface area contributed by atoms with Gasteiger partial charge in [0.15, 0.2) is 0 Å².